The molecule has 0 aliphatic rings. The van der Waals surface area contributed by atoms with Crippen LogP contribution in [0.4, 0.5) is 0 Å². The molecular weight excluding hydrogens is 889 g/mol. The Morgan fingerprint density at radius 2 is 0.542 bits per heavy atom. The standard InChI is InChI=1S/C66H110O6/c1-4-7-10-13-16-19-22-25-27-28-29-30-31-32-33-34-35-36-37-38-40-41-44-47-50-53-56-59-65(68)71-62-63(61-70-64(67)58-55-52-49-46-43-24-21-18-15-12-9-6-3)72-66(69)60-57-54-51-48-45-42-39-26-23-20-17-14-11-8-5-2/h7-8,10-11,16-21,25-27,29-30,32-33,39,63H,4-6,9,12-15,22-24,28,31,34-38,40-62H2,1-3H3/b10-7-,11-8-,19-16-,20-17-,21-18-,27-25-,30-29-,33-32-,39-26-. The van der Waals surface area contributed by atoms with Crippen LogP contribution in [0, 0.1) is 0 Å². The fourth-order valence-electron chi connectivity index (χ4n) is 8.07. The summed E-state index contributed by atoms with van der Waals surface area (Å²) in [5.74, 6) is -0.917. The lowest BCUT2D eigenvalue weighted by atomic mass is 10.0. The third-order valence-corrected chi connectivity index (χ3v) is 12.5. The first-order valence-electron chi connectivity index (χ1n) is 29.9. The first-order chi connectivity index (χ1) is 35.5. The van der Waals surface area contributed by atoms with Crippen molar-refractivity contribution < 1.29 is 28.6 Å². The Balaban J connectivity index is 4.29. The fraction of sp³-hybridized carbons (Fsp3) is 0.682. The van der Waals surface area contributed by atoms with Crippen molar-refractivity contribution in [2.24, 2.45) is 0 Å². The van der Waals surface area contributed by atoms with Crippen LogP contribution in [0.25, 0.3) is 0 Å². The van der Waals surface area contributed by atoms with E-state index in [4.69, 9.17) is 14.2 Å². The summed E-state index contributed by atoms with van der Waals surface area (Å²) in [5.41, 5.74) is 0. The molecule has 0 amide bonds. The number of rotatable bonds is 53. The highest BCUT2D eigenvalue weighted by atomic mass is 16.6. The first-order valence-corrected chi connectivity index (χ1v) is 29.9. The molecule has 0 N–H and O–H groups in total. The average molecular weight is 1000 g/mol. The second-order valence-corrected chi connectivity index (χ2v) is 19.5. The lowest BCUT2D eigenvalue weighted by Crippen LogP contribution is -2.30. The van der Waals surface area contributed by atoms with Crippen molar-refractivity contribution in [3.8, 4) is 0 Å². The van der Waals surface area contributed by atoms with Gasteiger partial charge in [0.15, 0.2) is 6.10 Å². The van der Waals surface area contributed by atoms with E-state index in [0.717, 1.165) is 135 Å². The number of unbranched alkanes of at least 4 members (excludes halogenated alkanes) is 24. The predicted molar refractivity (Wildman–Crippen MR) is 311 cm³/mol. The van der Waals surface area contributed by atoms with E-state index in [1.807, 2.05) is 0 Å². The van der Waals surface area contributed by atoms with Crippen LogP contribution in [-0.4, -0.2) is 37.2 Å². The molecule has 0 heterocycles. The molecule has 410 valence electrons. The second kappa shape index (κ2) is 59.6. The maximum absolute atomic E-state index is 12.8. The van der Waals surface area contributed by atoms with Gasteiger partial charge in [-0.15, -0.1) is 0 Å². The smallest absolute Gasteiger partial charge is 0.306 e. The van der Waals surface area contributed by atoms with Crippen LogP contribution in [0.2, 0.25) is 0 Å². The molecule has 0 radical (unpaired) electrons. The largest absolute Gasteiger partial charge is 0.462 e. The summed E-state index contributed by atoms with van der Waals surface area (Å²) >= 11 is 0. The predicted octanol–water partition coefficient (Wildman–Crippen LogP) is 20.3. The van der Waals surface area contributed by atoms with E-state index in [9.17, 15) is 14.4 Å². The summed E-state index contributed by atoms with van der Waals surface area (Å²) in [6, 6.07) is 0. The lowest BCUT2D eigenvalue weighted by molar-refractivity contribution is -0.167. The number of esters is 3. The Morgan fingerprint density at radius 1 is 0.292 bits per heavy atom. The third kappa shape index (κ3) is 57.0. The van der Waals surface area contributed by atoms with E-state index < -0.39 is 6.10 Å². The van der Waals surface area contributed by atoms with Crippen molar-refractivity contribution in [3.05, 3.63) is 109 Å². The second-order valence-electron chi connectivity index (χ2n) is 19.5. The molecule has 6 nitrogen and oxygen atoms in total. The van der Waals surface area contributed by atoms with Crippen LogP contribution in [-0.2, 0) is 28.6 Å². The molecule has 1 unspecified atom stereocenters. The van der Waals surface area contributed by atoms with Crippen molar-refractivity contribution in [1.82, 2.24) is 0 Å². The van der Waals surface area contributed by atoms with E-state index in [1.165, 1.54) is 96.3 Å². The van der Waals surface area contributed by atoms with Crippen LogP contribution in [0.5, 0.6) is 0 Å². The van der Waals surface area contributed by atoms with Crippen LogP contribution >= 0.6 is 0 Å². The summed E-state index contributed by atoms with van der Waals surface area (Å²) < 4.78 is 16.8. The normalized spacial score (nSPS) is 12.9. The topological polar surface area (TPSA) is 78.9 Å². The number of carbonyl (C=O) groups excluding carboxylic acids is 3. The van der Waals surface area contributed by atoms with Gasteiger partial charge in [0.1, 0.15) is 13.2 Å². The Labute approximate surface area is 444 Å². The molecule has 0 aliphatic carbocycles. The quantitative estimate of drug-likeness (QED) is 0.0261. The summed E-state index contributed by atoms with van der Waals surface area (Å²) in [6.45, 7) is 6.37. The van der Waals surface area contributed by atoms with E-state index in [-0.39, 0.29) is 31.1 Å². The zero-order chi connectivity index (χ0) is 52.2. The van der Waals surface area contributed by atoms with Gasteiger partial charge >= 0.3 is 17.9 Å². The Bertz CT molecular complexity index is 1470. The minimum atomic E-state index is -0.793. The van der Waals surface area contributed by atoms with Gasteiger partial charge in [-0.25, -0.2) is 0 Å². The Kier molecular flexibility index (Phi) is 56.4. The van der Waals surface area contributed by atoms with Gasteiger partial charge in [-0.3, -0.25) is 14.4 Å². The number of ether oxygens (including phenoxy) is 3. The van der Waals surface area contributed by atoms with Crippen molar-refractivity contribution in [3.63, 3.8) is 0 Å². The maximum Gasteiger partial charge on any atom is 0.306 e. The van der Waals surface area contributed by atoms with Gasteiger partial charge in [0.05, 0.1) is 0 Å². The lowest BCUT2D eigenvalue weighted by Gasteiger charge is -2.18. The highest BCUT2D eigenvalue weighted by Crippen LogP contribution is 2.15. The summed E-state index contributed by atoms with van der Waals surface area (Å²) in [7, 11) is 0. The molecule has 0 fully saturated rings. The van der Waals surface area contributed by atoms with Gasteiger partial charge in [0.2, 0.25) is 0 Å². The molecule has 0 aromatic carbocycles. The summed E-state index contributed by atoms with van der Waals surface area (Å²) in [6.07, 6.45) is 80.9. The minimum Gasteiger partial charge on any atom is -0.462 e. The van der Waals surface area contributed by atoms with E-state index in [1.54, 1.807) is 0 Å². The highest BCUT2D eigenvalue weighted by Gasteiger charge is 2.19. The van der Waals surface area contributed by atoms with Gasteiger partial charge < -0.3 is 14.2 Å². The molecule has 0 aromatic heterocycles. The van der Waals surface area contributed by atoms with Gasteiger partial charge in [-0.2, -0.15) is 0 Å². The minimum absolute atomic E-state index is 0.0898. The Hall–Kier alpha value is -3.93. The molecule has 0 aromatic rings. The fourth-order valence-corrected chi connectivity index (χ4v) is 8.07. The molecule has 0 aliphatic heterocycles. The van der Waals surface area contributed by atoms with E-state index >= 15 is 0 Å². The number of hydrogen-bond donors (Lipinski definition) is 0. The molecule has 72 heavy (non-hydrogen) atoms. The summed E-state index contributed by atoms with van der Waals surface area (Å²) in [4.78, 5) is 38.2. The van der Waals surface area contributed by atoms with Gasteiger partial charge in [-0.1, -0.05) is 239 Å². The monoisotopic (exact) mass is 999 g/mol. The maximum atomic E-state index is 12.8. The van der Waals surface area contributed by atoms with Gasteiger partial charge in [0, 0.05) is 19.3 Å². The average Bonchev–Trinajstić information content (AvgIpc) is 3.38. The molecule has 0 saturated carbocycles. The highest BCUT2D eigenvalue weighted by molar-refractivity contribution is 5.71. The van der Waals surface area contributed by atoms with Crippen LogP contribution in [0.3, 0.4) is 0 Å². The number of carbonyl (C=O) groups is 3. The molecule has 0 saturated heterocycles. The Morgan fingerprint density at radius 3 is 0.861 bits per heavy atom. The molecule has 0 rings (SSSR count). The zero-order valence-electron chi connectivity index (χ0n) is 46.9. The van der Waals surface area contributed by atoms with Crippen LogP contribution in [0.1, 0.15) is 271 Å². The molecule has 0 spiro atoms. The first kappa shape index (κ1) is 68.1. The third-order valence-electron chi connectivity index (χ3n) is 12.5. The zero-order valence-corrected chi connectivity index (χ0v) is 46.9. The molecule has 6 heteroatoms. The summed E-state index contributed by atoms with van der Waals surface area (Å²) in [5, 5.41) is 0. The van der Waals surface area contributed by atoms with Gasteiger partial charge in [-0.05, 0) is 122 Å². The van der Waals surface area contributed by atoms with E-state index in [0.29, 0.717) is 19.3 Å². The van der Waals surface area contributed by atoms with Crippen molar-refractivity contribution >= 4 is 17.9 Å². The molecule has 1 atom stereocenters. The van der Waals surface area contributed by atoms with Crippen LogP contribution in [0.15, 0.2) is 109 Å². The van der Waals surface area contributed by atoms with E-state index in [2.05, 4.69) is 130 Å². The number of hydrogen-bond acceptors (Lipinski definition) is 6. The van der Waals surface area contributed by atoms with Crippen molar-refractivity contribution in [1.29, 1.82) is 0 Å². The molecular formula is C66H110O6. The van der Waals surface area contributed by atoms with Crippen molar-refractivity contribution in [2.45, 2.75) is 277 Å². The van der Waals surface area contributed by atoms with Crippen molar-refractivity contribution in [2.75, 3.05) is 13.2 Å². The van der Waals surface area contributed by atoms with Gasteiger partial charge in [0.25, 0.3) is 0 Å². The molecule has 0 bridgehead atoms. The van der Waals surface area contributed by atoms with Crippen LogP contribution < -0.4 is 0 Å². The number of allylic oxidation sites excluding steroid dienone is 18. The SMILES string of the molecule is CC/C=C\C/C=C\C/C=C\C/C=C\C/C=C\CCCCCCCCCCCCCC(=O)OCC(COC(=O)CCCCCCC/C=C\CCCCC)OC(=O)CCCCCCC/C=C\C/C=C\C/C=C\CC.